The minimum atomic E-state index is -0.0914. The van der Waals surface area contributed by atoms with Crippen molar-refractivity contribution in [2.75, 3.05) is 18.4 Å². The average molecular weight is 388 g/mol. The van der Waals surface area contributed by atoms with E-state index in [1.54, 1.807) is 0 Å². The van der Waals surface area contributed by atoms with Crippen LogP contribution in [0.2, 0.25) is 0 Å². The van der Waals surface area contributed by atoms with Gasteiger partial charge in [0.2, 0.25) is 0 Å². The fraction of sp³-hybridized carbons (Fsp3) is 0.130. The van der Waals surface area contributed by atoms with Gasteiger partial charge >= 0.3 is 0 Å². The van der Waals surface area contributed by atoms with Gasteiger partial charge in [-0.2, -0.15) is 0 Å². The van der Waals surface area contributed by atoms with E-state index in [0.29, 0.717) is 23.2 Å². The largest absolute Gasteiger partial charge is 0.383 e. The first-order chi connectivity index (χ1) is 13.7. The maximum Gasteiger partial charge on any atom is 0.264 e. The van der Waals surface area contributed by atoms with Gasteiger partial charge in [0.05, 0.1) is 11.4 Å². The van der Waals surface area contributed by atoms with Crippen LogP contribution in [0.25, 0.3) is 16.8 Å². The highest BCUT2D eigenvalue weighted by Crippen LogP contribution is 2.26. The molecule has 0 aliphatic carbocycles. The monoisotopic (exact) mass is 387 g/mol. The second-order valence-corrected chi connectivity index (χ2v) is 7.65. The van der Waals surface area contributed by atoms with Gasteiger partial charge in [0.15, 0.2) is 5.17 Å². The first-order valence-corrected chi connectivity index (χ1v) is 10.0. The van der Waals surface area contributed by atoms with Crippen molar-refractivity contribution in [1.82, 2.24) is 5.32 Å². The van der Waals surface area contributed by atoms with E-state index >= 15 is 0 Å². The number of rotatable bonds is 5. The molecule has 1 saturated heterocycles. The Morgan fingerprint density at radius 1 is 1.04 bits per heavy atom. The summed E-state index contributed by atoms with van der Waals surface area (Å²) in [5.74, 6) is -0.0914. The van der Waals surface area contributed by atoms with Crippen molar-refractivity contribution in [3.63, 3.8) is 0 Å². The number of benzene rings is 3. The molecule has 1 aliphatic heterocycles. The van der Waals surface area contributed by atoms with Crippen LogP contribution in [0, 0.1) is 6.92 Å². The van der Waals surface area contributed by atoms with Gasteiger partial charge in [-0.3, -0.25) is 9.79 Å². The predicted octanol–water partition coefficient (Wildman–Crippen LogP) is 4.82. The van der Waals surface area contributed by atoms with E-state index in [0.717, 1.165) is 11.3 Å². The van der Waals surface area contributed by atoms with E-state index in [4.69, 9.17) is 0 Å². The fourth-order valence-electron chi connectivity index (χ4n) is 3.04. The number of hydrogen-bond acceptors (Lipinski definition) is 4. The molecule has 4 nitrogen and oxygen atoms in total. The van der Waals surface area contributed by atoms with E-state index in [2.05, 4.69) is 39.9 Å². The molecule has 3 aromatic carbocycles. The zero-order chi connectivity index (χ0) is 19.3. The Bertz CT molecular complexity index is 1070. The number of nitrogens with one attached hydrogen (secondary N) is 2. The van der Waals surface area contributed by atoms with Gasteiger partial charge in [-0.05, 0) is 41.8 Å². The lowest BCUT2D eigenvalue weighted by molar-refractivity contribution is -0.115. The van der Waals surface area contributed by atoms with Crippen molar-refractivity contribution >= 4 is 45.4 Å². The molecule has 1 fully saturated rings. The highest BCUT2D eigenvalue weighted by molar-refractivity contribution is 8.18. The van der Waals surface area contributed by atoms with Crippen molar-refractivity contribution in [2.45, 2.75) is 6.92 Å². The minimum Gasteiger partial charge on any atom is -0.383 e. The standard InChI is InChI=1S/C23H21N3OS/c1-16-9-11-17(12-10-16)15-21-22(27)26-23(28-21)25-14-13-24-20-8-4-6-18-5-2-3-7-19(18)20/h2-12,15,24H,13-14H2,1H3,(H,25,26,27). The molecule has 1 heterocycles. The molecule has 0 unspecified atom stereocenters. The van der Waals surface area contributed by atoms with Gasteiger partial charge in [0, 0.05) is 17.6 Å². The fourth-order valence-corrected chi connectivity index (χ4v) is 3.89. The van der Waals surface area contributed by atoms with Gasteiger partial charge in [-0.15, -0.1) is 0 Å². The Morgan fingerprint density at radius 2 is 1.82 bits per heavy atom. The minimum absolute atomic E-state index is 0.0914. The number of aryl methyl sites for hydroxylation is 1. The van der Waals surface area contributed by atoms with Crippen molar-refractivity contribution < 1.29 is 4.79 Å². The summed E-state index contributed by atoms with van der Waals surface area (Å²) in [4.78, 5) is 17.3. The normalized spacial score (nSPS) is 16.7. The number of fused-ring (bicyclic) bond motifs is 1. The molecule has 5 heteroatoms. The lowest BCUT2D eigenvalue weighted by Crippen LogP contribution is -2.20. The number of anilines is 1. The number of carbonyl (C=O) groups excluding carboxylic acids is 1. The highest BCUT2D eigenvalue weighted by Gasteiger charge is 2.23. The molecule has 1 amide bonds. The number of aliphatic imine (C=N–C) groups is 1. The van der Waals surface area contributed by atoms with Crippen molar-refractivity contribution in [3.05, 3.63) is 82.8 Å². The quantitative estimate of drug-likeness (QED) is 0.487. The van der Waals surface area contributed by atoms with Crippen molar-refractivity contribution in [1.29, 1.82) is 0 Å². The molecule has 2 N–H and O–H groups in total. The smallest absolute Gasteiger partial charge is 0.264 e. The summed E-state index contributed by atoms with van der Waals surface area (Å²) in [6.45, 7) is 3.33. The van der Waals surface area contributed by atoms with Gasteiger partial charge in [0.25, 0.3) is 5.91 Å². The molecule has 0 saturated carbocycles. The zero-order valence-electron chi connectivity index (χ0n) is 15.6. The van der Waals surface area contributed by atoms with E-state index in [1.165, 1.54) is 28.1 Å². The molecule has 0 atom stereocenters. The molecular weight excluding hydrogens is 366 g/mol. The topological polar surface area (TPSA) is 53.5 Å². The SMILES string of the molecule is Cc1ccc(C=C2SC(=NCCNc3cccc4ccccc34)NC2=O)cc1. The highest BCUT2D eigenvalue weighted by atomic mass is 32.2. The summed E-state index contributed by atoms with van der Waals surface area (Å²) in [7, 11) is 0. The first-order valence-electron chi connectivity index (χ1n) is 9.23. The maximum atomic E-state index is 12.2. The number of hydrogen-bond donors (Lipinski definition) is 2. The first kappa shape index (κ1) is 18.3. The molecule has 4 rings (SSSR count). The van der Waals surface area contributed by atoms with Crippen LogP contribution in [-0.4, -0.2) is 24.2 Å². The Morgan fingerprint density at radius 3 is 2.68 bits per heavy atom. The molecule has 0 radical (unpaired) electrons. The van der Waals surface area contributed by atoms with Gasteiger partial charge < -0.3 is 10.6 Å². The number of carbonyl (C=O) groups is 1. The Balaban J connectivity index is 1.36. The van der Waals surface area contributed by atoms with Crippen LogP contribution >= 0.6 is 11.8 Å². The summed E-state index contributed by atoms with van der Waals surface area (Å²) in [6, 6.07) is 22.6. The van der Waals surface area contributed by atoms with E-state index < -0.39 is 0 Å². The van der Waals surface area contributed by atoms with Crippen LogP contribution in [0.4, 0.5) is 5.69 Å². The Kier molecular flexibility index (Phi) is 5.44. The van der Waals surface area contributed by atoms with Gasteiger partial charge in [-0.1, -0.05) is 66.2 Å². The van der Waals surface area contributed by atoms with Crippen LogP contribution in [-0.2, 0) is 4.79 Å². The maximum absolute atomic E-state index is 12.2. The molecule has 3 aromatic rings. The van der Waals surface area contributed by atoms with Crippen molar-refractivity contribution in [3.8, 4) is 0 Å². The summed E-state index contributed by atoms with van der Waals surface area (Å²) >= 11 is 1.39. The third-order valence-electron chi connectivity index (χ3n) is 4.50. The number of amides is 1. The Labute approximate surface area is 168 Å². The van der Waals surface area contributed by atoms with Crippen LogP contribution in [0.5, 0.6) is 0 Å². The predicted molar refractivity (Wildman–Crippen MR) is 120 cm³/mol. The molecule has 0 bridgehead atoms. The lowest BCUT2D eigenvalue weighted by Gasteiger charge is -2.08. The summed E-state index contributed by atoms with van der Waals surface area (Å²) in [6.07, 6.45) is 1.90. The third-order valence-corrected chi connectivity index (χ3v) is 5.45. The number of thioether (sulfide) groups is 1. The second kappa shape index (κ2) is 8.31. The molecule has 1 aliphatic rings. The Hall–Kier alpha value is -3.05. The van der Waals surface area contributed by atoms with Crippen LogP contribution in [0.3, 0.4) is 0 Å². The van der Waals surface area contributed by atoms with Crippen LogP contribution in [0.15, 0.2) is 76.6 Å². The average Bonchev–Trinajstić information content (AvgIpc) is 3.06. The van der Waals surface area contributed by atoms with Crippen molar-refractivity contribution in [2.24, 2.45) is 4.99 Å². The lowest BCUT2D eigenvalue weighted by atomic mass is 10.1. The molecular formula is C23H21N3OS. The number of nitrogens with zero attached hydrogens (tertiary/aromatic N) is 1. The second-order valence-electron chi connectivity index (χ2n) is 6.62. The third kappa shape index (κ3) is 4.26. The van der Waals surface area contributed by atoms with E-state index in [1.807, 2.05) is 55.5 Å². The molecule has 0 spiro atoms. The summed E-state index contributed by atoms with van der Waals surface area (Å²) < 4.78 is 0. The molecule has 28 heavy (non-hydrogen) atoms. The van der Waals surface area contributed by atoms with E-state index in [-0.39, 0.29) is 5.91 Å². The van der Waals surface area contributed by atoms with Crippen LogP contribution < -0.4 is 10.6 Å². The van der Waals surface area contributed by atoms with Crippen LogP contribution in [0.1, 0.15) is 11.1 Å². The van der Waals surface area contributed by atoms with Gasteiger partial charge in [0.1, 0.15) is 0 Å². The molecule has 0 aromatic heterocycles. The van der Waals surface area contributed by atoms with E-state index in [9.17, 15) is 4.79 Å². The summed E-state index contributed by atoms with van der Waals surface area (Å²) in [5, 5.41) is 9.34. The summed E-state index contributed by atoms with van der Waals surface area (Å²) in [5.41, 5.74) is 3.31. The van der Waals surface area contributed by atoms with Gasteiger partial charge in [-0.25, -0.2) is 0 Å². The number of amidine groups is 1. The zero-order valence-corrected chi connectivity index (χ0v) is 16.4. The molecule has 140 valence electrons.